The van der Waals surface area contributed by atoms with Crippen LogP contribution in [0.5, 0.6) is 0 Å². The number of esters is 1. The number of carbonyl (C=O) groups excluding carboxylic acids is 2. The summed E-state index contributed by atoms with van der Waals surface area (Å²) in [6.45, 7) is 11.5. The average molecular weight is 331 g/mol. The summed E-state index contributed by atoms with van der Waals surface area (Å²) >= 11 is 0. The van der Waals surface area contributed by atoms with Gasteiger partial charge in [0.05, 0.1) is 6.61 Å². The summed E-state index contributed by atoms with van der Waals surface area (Å²) in [7, 11) is 0. The zero-order chi connectivity index (χ0) is 17.9. The highest BCUT2D eigenvalue weighted by Crippen LogP contribution is 2.17. The van der Waals surface area contributed by atoms with Crippen molar-refractivity contribution in [2.24, 2.45) is 5.92 Å². The number of carbonyl (C=O) groups is 2. The van der Waals surface area contributed by atoms with Crippen LogP contribution >= 0.6 is 0 Å². The lowest BCUT2D eigenvalue weighted by molar-refractivity contribution is -0.146. The molecule has 0 saturated heterocycles. The van der Waals surface area contributed by atoms with Crippen LogP contribution in [0.3, 0.4) is 0 Å². The number of alkyl carbamates (subject to hydrolysis) is 1. The van der Waals surface area contributed by atoms with E-state index in [1.54, 1.807) is 13.0 Å². The molecule has 1 aromatic carbocycles. The zero-order valence-corrected chi connectivity index (χ0v) is 14.3. The van der Waals surface area contributed by atoms with E-state index in [2.05, 4.69) is 18.5 Å². The third-order valence-corrected chi connectivity index (χ3v) is 3.34. The molecular weight excluding hydrogens is 306 g/mol. The van der Waals surface area contributed by atoms with E-state index in [4.69, 9.17) is 9.47 Å². The van der Waals surface area contributed by atoms with Crippen LogP contribution in [-0.2, 0) is 20.9 Å². The molecule has 2 atom stereocenters. The molecule has 5 nitrogen and oxygen atoms in total. The maximum Gasteiger partial charge on any atom is 0.408 e. The number of ether oxygens (including phenoxy) is 2. The average Bonchev–Trinajstić information content (AvgIpc) is 2.57. The molecule has 1 aromatic rings. The highest BCUT2D eigenvalue weighted by Gasteiger charge is 2.29. The van der Waals surface area contributed by atoms with Crippen LogP contribution in [0.2, 0.25) is 0 Å². The van der Waals surface area contributed by atoms with E-state index < -0.39 is 18.1 Å². The van der Waals surface area contributed by atoms with Crippen molar-refractivity contribution in [3.63, 3.8) is 0 Å². The number of rotatable bonds is 9. The normalized spacial score (nSPS) is 12.6. The van der Waals surface area contributed by atoms with Crippen LogP contribution in [0.25, 0.3) is 0 Å². The van der Waals surface area contributed by atoms with Gasteiger partial charge in [-0.2, -0.15) is 0 Å². The number of allylic oxidation sites excluding steroid dienone is 1. The lowest BCUT2D eigenvalue weighted by Crippen LogP contribution is -2.46. The van der Waals surface area contributed by atoms with Gasteiger partial charge in [-0.1, -0.05) is 42.0 Å². The molecule has 0 radical (unpaired) electrons. The Hall–Kier alpha value is -2.56. The van der Waals surface area contributed by atoms with Gasteiger partial charge in [0.25, 0.3) is 0 Å². The van der Waals surface area contributed by atoms with Gasteiger partial charge in [-0.3, -0.25) is 0 Å². The first-order valence-electron chi connectivity index (χ1n) is 7.88. The molecule has 1 N–H and O–H groups in total. The fraction of sp³-hybridized carbons (Fsp3) is 0.368. The maximum atomic E-state index is 12.2. The quantitative estimate of drug-likeness (QED) is 0.554. The van der Waals surface area contributed by atoms with Gasteiger partial charge in [-0.25, -0.2) is 9.59 Å². The highest BCUT2D eigenvalue weighted by atomic mass is 16.6. The Balaban J connectivity index is 2.71. The van der Waals surface area contributed by atoms with E-state index >= 15 is 0 Å². The predicted molar refractivity (Wildman–Crippen MR) is 93.3 cm³/mol. The second-order valence-electron chi connectivity index (χ2n) is 5.50. The molecule has 1 amide bonds. The number of benzene rings is 1. The summed E-state index contributed by atoms with van der Waals surface area (Å²) in [5.41, 5.74) is 1.75. The lowest BCUT2D eigenvalue weighted by atomic mass is 9.93. The smallest absolute Gasteiger partial charge is 0.408 e. The Labute approximate surface area is 143 Å². The fourth-order valence-electron chi connectivity index (χ4n) is 2.20. The highest BCUT2D eigenvalue weighted by molar-refractivity contribution is 5.82. The minimum Gasteiger partial charge on any atom is -0.464 e. The van der Waals surface area contributed by atoms with Crippen molar-refractivity contribution < 1.29 is 19.1 Å². The lowest BCUT2D eigenvalue weighted by Gasteiger charge is -2.24. The Morgan fingerprint density at radius 3 is 2.46 bits per heavy atom. The van der Waals surface area contributed by atoms with Crippen LogP contribution in [-0.4, -0.2) is 24.7 Å². The Bertz CT molecular complexity index is 568. The van der Waals surface area contributed by atoms with E-state index in [-0.39, 0.29) is 19.1 Å². The SMILES string of the molecule is C=CC(CC(=C)C)C(NC(=O)OCc1ccccc1)C(=O)OCC. The summed E-state index contributed by atoms with van der Waals surface area (Å²) in [4.78, 5) is 24.2. The fourth-order valence-corrected chi connectivity index (χ4v) is 2.20. The summed E-state index contributed by atoms with van der Waals surface area (Å²) in [5, 5.41) is 2.58. The third-order valence-electron chi connectivity index (χ3n) is 3.34. The standard InChI is InChI=1S/C19H25NO4/c1-5-16(12-14(3)4)17(18(21)23-6-2)20-19(22)24-13-15-10-8-7-9-11-15/h5,7-11,16-17H,1,3,6,12-13H2,2,4H3,(H,20,22). The molecule has 0 aliphatic carbocycles. The van der Waals surface area contributed by atoms with Crippen molar-refractivity contribution in [2.75, 3.05) is 6.61 Å². The van der Waals surface area contributed by atoms with Crippen LogP contribution < -0.4 is 5.32 Å². The summed E-state index contributed by atoms with van der Waals surface area (Å²) in [5.74, 6) is -0.828. The molecule has 0 aliphatic rings. The molecule has 1 rings (SSSR count). The predicted octanol–water partition coefficient (Wildman–Crippen LogP) is 3.61. The van der Waals surface area contributed by atoms with Crippen LogP contribution in [0.1, 0.15) is 25.8 Å². The minimum absolute atomic E-state index is 0.126. The first-order chi connectivity index (χ1) is 11.5. The molecule has 130 valence electrons. The van der Waals surface area contributed by atoms with Gasteiger partial charge in [0.1, 0.15) is 12.6 Å². The zero-order valence-electron chi connectivity index (χ0n) is 14.3. The van der Waals surface area contributed by atoms with E-state index in [0.717, 1.165) is 11.1 Å². The monoisotopic (exact) mass is 331 g/mol. The van der Waals surface area contributed by atoms with Crippen molar-refractivity contribution in [1.82, 2.24) is 5.32 Å². The van der Waals surface area contributed by atoms with E-state index in [0.29, 0.717) is 6.42 Å². The summed E-state index contributed by atoms with van der Waals surface area (Å²) in [6.07, 6.45) is 1.46. The summed E-state index contributed by atoms with van der Waals surface area (Å²) < 4.78 is 10.2. The number of hydrogen-bond acceptors (Lipinski definition) is 4. The molecule has 0 spiro atoms. The molecular formula is C19H25NO4. The minimum atomic E-state index is -0.859. The van der Waals surface area contributed by atoms with E-state index in [1.165, 1.54) is 0 Å². The van der Waals surface area contributed by atoms with Crippen LogP contribution in [0, 0.1) is 5.92 Å². The van der Waals surface area contributed by atoms with Gasteiger partial charge in [-0.15, -0.1) is 13.2 Å². The van der Waals surface area contributed by atoms with Crippen molar-refractivity contribution in [1.29, 1.82) is 0 Å². The second kappa shape index (κ2) is 10.3. The third kappa shape index (κ3) is 6.69. The molecule has 0 aromatic heterocycles. The van der Waals surface area contributed by atoms with E-state index in [9.17, 15) is 9.59 Å². The van der Waals surface area contributed by atoms with Crippen molar-refractivity contribution >= 4 is 12.1 Å². The number of hydrogen-bond donors (Lipinski definition) is 1. The topological polar surface area (TPSA) is 64.6 Å². The van der Waals surface area contributed by atoms with Gasteiger partial charge in [0.2, 0.25) is 0 Å². The van der Waals surface area contributed by atoms with Gasteiger partial charge >= 0.3 is 12.1 Å². The molecule has 0 fully saturated rings. The molecule has 24 heavy (non-hydrogen) atoms. The van der Waals surface area contributed by atoms with Gasteiger partial charge < -0.3 is 14.8 Å². The molecule has 2 unspecified atom stereocenters. The first kappa shape index (κ1) is 19.5. The molecule has 0 saturated carbocycles. The molecule has 5 heteroatoms. The molecule has 0 bridgehead atoms. The Morgan fingerprint density at radius 2 is 1.92 bits per heavy atom. The van der Waals surface area contributed by atoms with E-state index in [1.807, 2.05) is 37.3 Å². The van der Waals surface area contributed by atoms with Crippen molar-refractivity contribution in [3.8, 4) is 0 Å². The van der Waals surface area contributed by atoms with Gasteiger partial charge in [0, 0.05) is 5.92 Å². The first-order valence-corrected chi connectivity index (χ1v) is 7.88. The number of nitrogens with one attached hydrogen (secondary N) is 1. The maximum absolute atomic E-state index is 12.2. The van der Waals surface area contributed by atoms with Crippen molar-refractivity contribution in [3.05, 3.63) is 60.7 Å². The Morgan fingerprint density at radius 1 is 1.25 bits per heavy atom. The Kier molecular flexibility index (Phi) is 8.33. The van der Waals surface area contributed by atoms with Gasteiger partial charge in [0.15, 0.2) is 0 Å². The largest absolute Gasteiger partial charge is 0.464 e. The van der Waals surface area contributed by atoms with Gasteiger partial charge in [-0.05, 0) is 25.8 Å². The number of amides is 1. The molecule has 0 heterocycles. The summed E-state index contributed by atoms with van der Waals surface area (Å²) in [6, 6.07) is 8.44. The van der Waals surface area contributed by atoms with Crippen LogP contribution in [0.4, 0.5) is 4.79 Å². The van der Waals surface area contributed by atoms with Crippen molar-refractivity contribution in [2.45, 2.75) is 32.9 Å². The van der Waals surface area contributed by atoms with Crippen LogP contribution in [0.15, 0.2) is 55.1 Å². The molecule has 0 aliphatic heterocycles. The second-order valence-corrected chi connectivity index (χ2v) is 5.50.